The summed E-state index contributed by atoms with van der Waals surface area (Å²) in [7, 11) is 0. The lowest BCUT2D eigenvalue weighted by atomic mass is 9.79. The van der Waals surface area contributed by atoms with Crippen LogP contribution in [0.3, 0.4) is 0 Å². The maximum absolute atomic E-state index is 13.2. The van der Waals surface area contributed by atoms with E-state index in [0.29, 0.717) is 12.1 Å². The molecule has 12 heteroatoms. The monoisotopic (exact) mass is 661 g/mol. The maximum atomic E-state index is 13.2. The van der Waals surface area contributed by atoms with Crippen molar-refractivity contribution in [1.29, 1.82) is 0 Å². The minimum Gasteiger partial charge on any atom is -0.376 e. The minimum atomic E-state index is -1.10. The summed E-state index contributed by atoms with van der Waals surface area (Å²) in [4.78, 5) is 53.3. The van der Waals surface area contributed by atoms with Crippen LogP contribution in [0.2, 0.25) is 0 Å². The van der Waals surface area contributed by atoms with E-state index in [2.05, 4.69) is 56.3 Å². The van der Waals surface area contributed by atoms with Crippen LogP contribution in [0, 0.1) is 5.41 Å². The van der Waals surface area contributed by atoms with Gasteiger partial charge in [-0.2, -0.15) is 0 Å². The number of primary amides is 2. The number of amides is 2. The van der Waals surface area contributed by atoms with Gasteiger partial charge in [-0.05, 0) is 73.9 Å². The second-order valence-electron chi connectivity index (χ2n) is 12.7. The van der Waals surface area contributed by atoms with Crippen LogP contribution in [0.5, 0.6) is 6.01 Å². The van der Waals surface area contributed by atoms with Gasteiger partial charge in [-0.3, -0.25) is 9.69 Å². The van der Waals surface area contributed by atoms with Crippen molar-refractivity contribution in [2.24, 2.45) is 16.9 Å². The summed E-state index contributed by atoms with van der Waals surface area (Å²) in [5, 5.41) is 0. The number of rotatable bonds is 11. The van der Waals surface area contributed by atoms with Gasteiger partial charge >= 0.3 is 24.2 Å². The third-order valence-corrected chi connectivity index (χ3v) is 9.18. The fraction of sp³-hybridized carbons (Fsp3) is 0.270. The Morgan fingerprint density at radius 2 is 1.43 bits per heavy atom. The number of H-pyrrole nitrogens is 2. The number of likely N-dealkylation sites (tertiary alicyclic amines) is 1. The van der Waals surface area contributed by atoms with Crippen molar-refractivity contribution in [2.45, 2.75) is 51.6 Å². The van der Waals surface area contributed by atoms with Crippen molar-refractivity contribution in [3.05, 3.63) is 103 Å². The average molecular weight is 662 g/mol. The molecule has 1 fully saturated rings. The fourth-order valence-electron chi connectivity index (χ4n) is 6.64. The second-order valence-corrected chi connectivity index (χ2v) is 12.7. The summed E-state index contributed by atoms with van der Waals surface area (Å²) >= 11 is 0. The molecule has 1 unspecified atom stereocenters. The number of carbonyl (C=O) groups is 3. The largest absolute Gasteiger partial charge is 0.412 e. The Morgan fingerprint density at radius 1 is 0.837 bits per heavy atom. The Hall–Kier alpha value is -5.75. The SMILES string of the molecule is CC(C)(C(=O)OC(N)=O)[C@@H](CCc1ccccc1)N1CCCC1c1ncc(-c2ccc(-c3ccc(-c4cnc(OC(N)=O)[nH]4)cc3)cc2)[nH]1. The Bertz CT molecular complexity index is 1920. The highest BCUT2D eigenvalue weighted by Crippen LogP contribution is 2.41. The van der Waals surface area contributed by atoms with Crippen LogP contribution in [-0.2, 0) is 16.0 Å². The van der Waals surface area contributed by atoms with Crippen LogP contribution in [0.1, 0.15) is 50.5 Å². The molecule has 1 aliphatic heterocycles. The minimum absolute atomic E-state index is 0.0405. The number of hydrogen-bond acceptors (Lipinski definition) is 8. The van der Waals surface area contributed by atoms with Gasteiger partial charge < -0.3 is 30.9 Å². The Balaban J connectivity index is 1.18. The number of nitrogens with two attached hydrogens (primary N) is 2. The number of ether oxygens (including phenoxy) is 2. The predicted octanol–water partition coefficient (Wildman–Crippen LogP) is 6.38. The van der Waals surface area contributed by atoms with Crippen molar-refractivity contribution in [3.8, 4) is 39.7 Å². The maximum Gasteiger partial charge on any atom is 0.412 e. The molecule has 0 spiro atoms. The van der Waals surface area contributed by atoms with Gasteiger partial charge in [-0.15, -0.1) is 0 Å². The lowest BCUT2D eigenvalue weighted by Crippen LogP contribution is -2.50. The molecule has 0 radical (unpaired) electrons. The topological polar surface area (TPSA) is 182 Å². The molecule has 3 aromatic carbocycles. The van der Waals surface area contributed by atoms with Crippen LogP contribution in [0.15, 0.2) is 91.3 Å². The van der Waals surface area contributed by atoms with Gasteiger partial charge in [-0.25, -0.2) is 19.6 Å². The number of nitrogens with zero attached hydrogens (tertiary/aromatic N) is 3. The van der Waals surface area contributed by atoms with Crippen LogP contribution in [0.25, 0.3) is 33.6 Å². The molecular formula is C37H39N7O5. The number of aromatic nitrogens is 4. The van der Waals surface area contributed by atoms with Gasteiger partial charge in [0.05, 0.1) is 35.2 Å². The number of nitrogens with one attached hydrogen (secondary N) is 2. The van der Waals surface area contributed by atoms with E-state index in [1.165, 1.54) is 5.56 Å². The van der Waals surface area contributed by atoms with Gasteiger partial charge in [0.25, 0.3) is 0 Å². The number of aryl methyl sites for hydroxylation is 1. The van der Waals surface area contributed by atoms with Gasteiger partial charge in [0.15, 0.2) is 0 Å². The number of hydrogen-bond donors (Lipinski definition) is 4. The van der Waals surface area contributed by atoms with Crippen LogP contribution in [-0.4, -0.2) is 55.6 Å². The van der Waals surface area contributed by atoms with Gasteiger partial charge in [0.1, 0.15) is 5.82 Å². The molecular weight excluding hydrogens is 622 g/mol. The summed E-state index contributed by atoms with van der Waals surface area (Å²) in [5.41, 5.74) is 16.0. The Kier molecular flexibility index (Phi) is 9.58. The molecule has 12 nitrogen and oxygen atoms in total. The summed E-state index contributed by atoms with van der Waals surface area (Å²) < 4.78 is 9.71. The van der Waals surface area contributed by atoms with E-state index >= 15 is 0 Å². The van der Waals surface area contributed by atoms with Crippen molar-refractivity contribution in [2.75, 3.05) is 6.54 Å². The van der Waals surface area contributed by atoms with E-state index in [4.69, 9.17) is 25.9 Å². The Labute approximate surface area is 283 Å². The summed E-state index contributed by atoms with van der Waals surface area (Å²) in [5.74, 6) is 0.197. The van der Waals surface area contributed by atoms with Crippen LogP contribution < -0.4 is 16.2 Å². The van der Waals surface area contributed by atoms with Gasteiger partial charge in [0, 0.05) is 6.04 Å². The van der Waals surface area contributed by atoms with Crippen molar-refractivity contribution in [1.82, 2.24) is 24.8 Å². The van der Waals surface area contributed by atoms with Crippen molar-refractivity contribution >= 4 is 18.2 Å². The number of esters is 1. The molecule has 1 aliphatic rings. The fourth-order valence-corrected chi connectivity index (χ4v) is 6.64. The molecule has 0 bridgehead atoms. The Morgan fingerprint density at radius 3 is 2.04 bits per heavy atom. The number of aromatic amines is 2. The molecule has 0 aliphatic carbocycles. The first kappa shape index (κ1) is 33.2. The first-order valence-corrected chi connectivity index (χ1v) is 16.2. The molecule has 252 valence electrons. The van der Waals surface area contributed by atoms with Crippen molar-refractivity contribution in [3.63, 3.8) is 0 Å². The highest BCUT2D eigenvalue weighted by atomic mass is 16.6. The third-order valence-electron chi connectivity index (χ3n) is 9.18. The average Bonchev–Trinajstić information content (AvgIpc) is 3.87. The van der Waals surface area contributed by atoms with Crippen LogP contribution in [0.4, 0.5) is 9.59 Å². The lowest BCUT2D eigenvalue weighted by molar-refractivity contribution is -0.151. The zero-order valence-electron chi connectivity index (χ0n) is 27.4. The molecule has 6 N–H and O–H groups in total. The number of carbonyl (C=O) groups excluding carboxylic acids is 3. The van der Waals surface area contributed by atoms with E-state index in [1.54, 1.807) is 6.20 Å². The smallest absolute Gasteiger partial charge is 0.376 e. The van der Waals surface area contributed by atoms with E-state index < -0.39 is 23.6 Å². The summed E-state index contributed by atoms with van der Waals surface area (Å²) in [6.07, 6.45) is 4.67. The number of imidazole rings is 2. The quantitative estimate of drug-likeness (QED) is 0.0929. The normalized spacial score (nSPS) is 15.5. The molecule has 49 heavy (non-hydrogen) atoms. The summed E-state index contributed by atoms with van der Waals surface area (Å²) in [6, 6.07) is 26.1. The van der Waals surface area contributed by atoms with E-state index in [0.717, 1.165) is 59.6 Å². The molecule has 2 aromatic heterocycles. The summed E-state index contributed by atoms with van der Waals surface area (Å²) in [6.45, 7) is 4.42. The predicted molar refractivity (Wildman–Crippen MR) is 184 cm³/mol. The molecule has 3 heterocycles. The van der Waals surface area contributed by atoms with Crippen molar-refractivity contribution < 1.29 is 23.9 Å². The molecule has 2 atom stereocenters. The zero-order chi connectivity index (χ0) is 34.5. The first-order chi connectivity index (χ1) is 23.6. The third kappa shape index (κ3) is 7.54. The first-order valence-electron chi connectivity index (χ1n) is 16.2. The molecule has 0 saturated carbocycles. The molecule has 1 saturated heterocycles. The lowest BCUT2D eigenvalue weighted by Gasteiger charge is -2.41. The van der Waals surface area contributed by atoms with Gasteiger partial charge in [0.2, 0.25) is 0 Å². The highest BCUT2D eigenvalue weighted by molar-refractivity contribution is 5.87. The second kappa shape index (κ2) is 14.2. The highest BCUT2D eigenvalue weighted by Gasteiger charge is 2.46. The molecule has 6 rings (SSSR count). The van der Waals surface area contributed by atoms with Gasteiger partial charge in [-0.1, -0.05) is 78.9 Å². The van der Waals surface area contributed by atoms with E-state index in [-0.39, 0.29) is 18.1 Å². The molecule has 5 aromatic rings. The molecule has 2 amide bonds. The zero-order valence-corrected chi connectivity index (χ0v) is 27.4. The van der Waals surface area contributed by atoms with E-state index in [1.807, 2.05) is 62.5 Å². The van der Waals surface area contributed by atoms with E-state index in [9.17, 15) is 14.4 Å². The van der Waals surface area contributed by atoms with Crippen LogP contribution >= 0.6 is 0 Å². The number of benzene rings is 3. The standard InChI is InChI=1S/C37H39N7O5/c1-37(2,33(45)48-34(38)46)31(19-10-23-7-4-3-5-8-23)44-20-6-9-30(44)32-40-21-28(42-32)26-15-11-24(12-16-26)25-13-17-27(18-14-25)29-22-41-36(43-29)49-35(39)47/h3-5,7-8,11-18,21-22,30-31H,6,9-10,19-20H2,1-2H3,(H2,38,46)(H2,39,47)(H,40,42)(H,41,43)/t30?,31-/m1/s1.